The van der Waals surface area contributed by atoms with Crippen LogP contribution in [0.25, 0.3) is 0 Å². The maximum absolute atomic E-state index is 12.1. The number of nitrogens with one attached hydrogen (secondary N) is 1. The van der Waals surface area contributed by atoms with Gasteiger partial charge < -0.3 is 11.1 Å². The molecule has 110 valence electrons. The first-order chi connectivity index (χ1) is 9.40. The van der Waals surface area contributed by atoms with Crippen LogP contribution < -0.4 is 11.1 Å². The zero-order valence-electron chi connectivity index (χ0n) is 12.5. The Labute approximate surface area is 126 Å². The second-order valence-corrected chi connectivity index (χ2v) is 6.08. The molecule has 1 aromatic carbocycles. The van der Waals surface area contributed by atoms with Gasteiger partial charge in [-0.2, -0.15) is 0 Å². The second kappa shape index (κ2) is 8.00. The van der Waals surface area contributed by atoms with E-state index in [1.54, 1.807) is 24.3 Å². The third kappa shape index (κ3) is 5.70. The Morgan fingerprint density at radius 1 is 1.15 bits per heavy atom. The van der Waals surface area contributed by atoms with Crippen molar-refractivity contribution in [2.75, 3.05) is 0 Å². The molecule has 0 aliphatic carbocycles. The van der Waals surface area contributed by atoms with E-state index in [1.165, 1.54) is 6.42 Å². The average Bonchev–Trinajstić information content (AvgIpc) is 2.38. The van der Waals surface area contributed by atoms with E-state index in [-0.39, 0.29) is 11.9 Å². The van der Waals surface area contributed by atoms with E-state index in [1.807, 2.05) is 6.92 Å². The van der Waals surface area contributed by atoms with Crippen molar-refractivity contribution < 1.29 is 4.79 Å². The van der Waals surface area contributed by atoms with Crippen LogP contribution in [0.1, 0.15) is 56.0 Å². The molecule has 0 aromatic heterocycles. The first-order valence-corrected chi connectivity index (χ1v) is 7.51. The van der Waals surface area contributed by atoms with Gasteiger partial charge in [-0.1, -0.05) is 51.0 Å². The Bertz CT molecular complexity index is 454. The minimum absolute atomic E-state index is 0.0449. The van der Waals surface area contributed by atoms with E-state index < -0.39 is 0 Å². The van der Waals surface area contributed by atoms with Gasteiger partial charge in [-0.25, -0.2) is 0 Å². The Morgan fingerprint density at radius 2 is 1.70 bits per heavy atom. The zero-order valence-corrected chi connectivity index (χ0v) is 13.3. The molecule has 1 atom stereocenters. The standard InChI is InChI=1S/C16H24N2OS/c1-11(2)5-4-6-12(3)18-16(19)14-9-7-13(8-10-14)15(17)20/h7-12H,4-6H2,1-3H3,(H2,17,20)(H,18,19). The monoisotopic (exact) mass is 292 g/mol. The molecule has 20 heavy (non-hydrogen) atoms. The summed E-state index contributed by atoms with van der Waals surface area (Å²) in [7, 11) is 0. The van der Waals surface area contributed by atoms with Crippen molar-refractivity contribution in [3.8, 4) is 0 Å². The Morgan fingerprint density at radius 3 is 2.20 bits per heavy atom. The second-order valence-electron chi connectivity index (χ2n) is 5.64. The van der Waals surface area contributed by atoms with Crippen molar-refractivity contribution in [2.45, 2.75) is 46.1 Å². The van der Waals surface area contributed by atoms with Crippen LogP contribution in [-0.4, -0.2) is 16.9 Å². The number of hydrogen-bond donors (Lipinski definition) is 2. The molecule has 0 heterocycles. The van der Waals surface area contributed by atoms with Gasteiger partial charge in [0.2, 0.25) is 0 Å². The summed E-state index contributed by atoms with van der Waals surface area (Å²) in [6.45, 7) is 6.47. The fraction of sp³-hybridized carbons (Fsp3) is 0.500. The van der Waals surface area contributed by atoms with E-state index in [2.05, 4.69) is 19.2 Å². The fourth-order valence-corrected chi connectivity index (χ4v) is 2.13. The number of carbonyl (C=O) groups excluding carboxylic acids is 1. The molecular formula is C16H24N2OS. The van der Waals surface area contributed by atoms with Gasteiger partial charge in [0.05, 0.1) is 0 Å². The van der Waals surface area contributed by atoms with Gasteiger partial charge in [-0.15, -0.1) is 0 Å². The molecule has 0 radical (unpaired) electrons. The molecule has 3 N–H and O–H groups in total. The fourth-order valence-electron chi connectivity index (χ4n) is 2.00. The molecule has 1 rings (SSSR count). The molecule has 1 unspecified atom stereocenters. The minimum Gasteiger partial charge on any atom is -0.389 e. The first-order valence-electron chi connectivity index (χ1n) is 7.11. The van der Waals surface area contributed by atoms with Crippen LogP contribution in [0, 0.1) is 5.92 Å². The van der Waals surface area contributed by atoms with Crippen LogP contribution in [0.15, 0.2) is 24.3 Å². The molecule has 0 aliphatic rings. The number of rotatable bonds is 7. The highest BCUT2D eigenvalue weighted by molar-refractivity contribution is 7.80. The summed E-state index contributed by atoms with van der Waals surface area (Å²) in [5.74, 6) is 0.669. The van der Waals surface area contributed by atoms with Gasteiger partial charge in [-0.3, -0.25) is 4.79 Å². The van der Waals surface area contributed by atoms with Crippen LogP contribution in [0.5, 0.6) is 0 Å². The molecule has 0 fully saturated rings. The summed E-state index contributed by atoms with van der Waals surface area (Å²) in [6, 6.07) is 7.26. The van der Waals surface area contributed by atoms with Crippen molar-refractivity contribution in [2.24, 2.45) is 11.7 Å². The number of carbonyl (C=O) groups is 1. The van der Waals surface area contributed by atoms with Gasteiger partial charge in [0.1, 0.15) is 4.99 Å². The number of thiocarbonyl (C=S) groups is 1. The lowest BCUT2D eigenvalue weighted by Gasteiger charge is -2.14. The van der Waals surface area contributed by atoms with Crippen LogP contribution in [0.2, 0.25) is 0 Å². The molecular weight excluding hydrogens is 268 g/mol. The van der Waals surface area contributed by atoms with Crippen molar-refractivity contribution in [3.63, 3.8) is 0 Å². The van der Waals surface area contributed by atoms with E-state index >= 15 is 0 Å². The molecule has 1 amide bonds. The van der Waals surface area contributed by atoms with E-state index in [4.69, 9.17) is 18.0 Å². The maximum Gasteiger partial charge on any atom is 0.251 e. The minimum atomic E-state index is -0.0449. The Hall–Kier alpha value is -1.42. The summed E-state index contributed by atoms with van der Waals surface area (Å²) in [5.41, 5.74) is 6.95. The molecule has 1 aromatic rings. The molecule has 0 aliphatic heterocycles. The number of benzene rings is 1. The number of nitrogens with two attached hydrogens (primary N) is 1. The van der Waals surface area contributed by atoms with Gasteiger partial charge in [0.25, 0.3) is 5.91 Å². The molecule has 0 saturated heterocycles. The van der Waals surface area contributed by atoms with Gasteiger partial charge in [0.15, 0.2) is 0 Å². The predicted octanol–water partition coefficient (Wildman–Crippen LogP) is 3.27. The molecule has 3 nitrogen and oxygen atoms in total. The summed E-state index contributed by atoms with van der Waals surface area (Å²) >= 11 is 4.89. The lowest BCUT2D eigenvalue weighted by atomic mass is 10.0. The maximum atomic E-state index is 12.1. The lowest BCUT2D eigenvalue weighted by Crippen LogP contribution is -2.32. The van der Waals surface area contributed by atoms with Crippen molar-refractivity contribution in [1.82, 2.24) is 5.32 Å². The predicted molar refractivity (Wildman–Crippen MR) is 87.9 cm³/mol. The van der Waals surface area contributed by atoms with Crippen LogP contribution in [-0.2, 0) is 0 Å². The van der Waals surface area contributed by atoms with Crippen LogP contribution >= 0.6 is 12.2 Å². The highest BCUT2D eigenvalue weighted by Gasteiger charge is 2.10. The van der Waals surface area contributed by atoms with E-state index in [9.17, 15) is 4.79 Å². The highest BCUT2D eigenvalue weighted by atomic mass is 32.1. The lowest BCUT2D eigenvalue weighted by molar-refractivity contribution is 0.0938. The van der Waals surface area contributed by atoms with E-state index in [0.29, 0.717) is 16.5 Å². The summed E-state index contributed by atoms with van der Waals surface area (Å²) < 4.78 is 0. The van der Waals surface area contributed by atoms with E-state index in [0.717, 1.165) is 18.4 Å². The van der Waals surface area contributed by atoms with Crippen LogP contribution in [0.4, 0.5) is 0 Å². The Balaban J connectivity index is 2.47. The van der Waals surface area contributed by atoms with Gasteiger partial charge in [0, 0.05) is 17.2 Å². The smallest absolute Gasteiger partial charge is 0.251 e. The molecule has 0 saturated carbocycles. The third-order valence-corrected chi connectivity index (χ3v) is 3.46. The highest BCUT2D eigenvalue weighted by Crippen LogP contribution is 2.09. The summed E-state index contributed by atoms with van der Waals surface area (Å²) in [4.78, 5) is 12.4. The summed E-state index contributed by atoms with van der Waals surface area (Å²) in [5, 5.41) is 3.02. The Kier molecular flexibility index (Phi) is 6.65. The first kappa shape index (κ1) is 16.6. The SMILES string of the molecule is CC(C)CCCC(C)NC(=O)c1ccc(C(N)=S)cc1. The van der Waals surface area contributed by atoms with Crippen molar-refractivity contribution in [3.05, 3.63) is 35.4 Å². The topological polar surface area (TPSA) is 55.1 Å². The van der Waals surface area contributed by atoms with Crippen LogP contribution in [0.3, 0.4) is 0 Å². The number of amides is 1. The molecule has 0 bridgehead atoms. The molecule has 0 spiro atoms. The quantitative estimate of drug-likeness (QED) is 0.758. The van der Waals surface area contributed by atoms with Gasteiger partial charge in [-0.05, 0) is 31.4 Å². The summed E-state index contributed by atoms with van der Waals surface area (Å²) in [6.07, 6.45) is 3.34. The number of hydrogen-bond acceptors (Lipinski definition) is 2. The van der Waals surface area contributed by atoms with Crippen molar-refractivity contribution in [1.29, 1.82) is 0 Å². The average molecular weight is 292 g/mol. The molecule has 4 heteroatoms. The van der Waals surface area contributed by atoms with Gasteiger partial charge >= 0.3 is 0 Å². The van der Waals surface area contributed by atoms with Crippen molar-refractivity contribution >= 4 is 23.1 Å². The zero-order chi connectivity index (χ0) is 15.1. The normalized spacial score (nSPS) is 12.2. The largest absolute Gasteiger partial charge is 0.389 e. The third-order valence-electron chi connectivity index (χ3n) is 3.23.